The maximum absolute atomic E-state index is 11.3. The minimum atomic E-state index is -0.505. The highest BCUT2D eigenvalue weighted by atomic mass is 16.5. The van der Waals surface area contributed by atoms with Gasteiger partial charge in [-0.05, 0) is 6.07 Å². The number of carbonyl (C=O) groups is 2. The van der Waals surface area contributed by atoms with Crippen molar-refractivity contribution < 1.29 is 14.3 Å². The lowest BCUT2D eigenvalue weighted by Gasteiger charge is -2.03. The molecule has 0 atom stereocenters. The van der Waals surface area contributed by atoms with E-state index in [1.54, 1.807) is 0 Å². The molecule has 2 rings (SSSR count). The maximum Gasteiger partial charge on any atom is 0.264 e. The Balaban J connectivity index is 2.73. The summed E-state index contributed by atoms with van der Waals surface area (Å²) in [6.45, 7) is 0. The second-order valence-electron chi connectivity index (χ2n) is 2.76. The van der Waals surface area contributed by atoms with E-state index in [2.05, 4.69) is 10.3 Å². The summed E-state index contributed by atoms with van der Waals surface area (Å²) >= 11 is 0. The average molecular weight is 193 g/mol. The predicted molar refractivity (Wildman–Crippen MR) is 47.0 cm³/mol. The Morgan fingerprint density at radius 1 is 1.43 bits per heavy atom. The number of carbonyl (C=O) groups excluding carboxylic acids is 2. The van der Waals surface area contributed by atoms with Crippen molar-refractivity contribution in [3.05, 3.63) is 17.2 Å². The van der Waals surface area contributed by atoms with Crippen molar-refractivity contribution in [2.75, 3.05) is 12.8 Å². The molecule has 0 saturated heterocycles. The van der Waals surface area contributed by atoms with Crippen molar-refractivity contribution in [1.29, 1.82) is 0 Å². The first-order chi connectivity index (χ1) is 6.63. The smallest absolute Gasteiger partial charge is 0.264 e. The molecule has 0 aliphatic carbocycles. The first kappa shape index (κ1) is 8.49. The molecule has 1 aliphatic heterocycles. The lowest BCUT2D eigenvalue weighted by molar-refractivity contribution is 0.0879. The van der Waals surface area contributed by atoms with Gasteiger partial charge in [-0.15, -0.1) is 0 Å². The van der Waals surface area contributed by atoms with E-state index >= 15 is 0 Å². The topological polar surface area (TPSA) is 94.3 Å². The van der Waals surface area contributed by atoms with Crippen LogP contribution in [0, 0.1) is 0 Å². The number of nitrogens with two attached hydrogens (primary N) is 1. The molecule has 2 amide bonds. The summed E-state index contributed by atoms with van der Waals surface area (Å²) in [5.74, 6) is -0.763. The van der Waals surface area contributed by atoms with Crippen LogP contribution >= 0.6 is 0 Å². The highest BCUT2D eigenvalue weighted by molar-refractivity contribution is 6.22. The standard InChI is InChI=1S/C8H7N3O3/c1-14-8-5-3(2-4(9)10-8)6(12)11-7(5)13/h2H,1H3,(H2,9,10)(H,11,12,13). The van der Waals surface area contributed by atoms with Crippen LogP contribution in [0.5, 0.6) is 5.88 Å². The van der Waals surface area contributed by atoms with Crippen LogP contribution in [0.3, 0.4) is 0 Å². The molecule has 72 valence electrons. The molecule has 2 heterocycles. The molecule has 1 aliphatic rings. The number of hydrogen-bond acceptors (Lipinski definition) is 5. The number of anilines is 1. The van der Waals surface area contributed by atoms with E-state index in [4.69, 9.17) is 10.5 Å². The zero-order chi connectivity index (χ0) is 10.3. The number of nitrogen functional groups attached to an aromatic ring is 1. The third kappa shape index (κ3) is 1.00. The van der Waals surface area contributed by atoms with E-state index in [1.807, 2.05) is 0 Å². The molecule has 1 aromatic heterocycles. The van der Waals surface area contributed by atoms with Gasteiger partial charge in [-0.25, -0.2) is 0 Å². The van der Waals surface area contributed by atoms with E-state index in [0.29, 0.717) is 0 Å². The van der Waals surface area contributed by atoms with Crippen molar-refractivity contribution in [2.45, 2.75) is 0 Å². The fraction of sp³-hybridized carbons (Fsp3) is 0.125. The quantitative estimate of drug-likeness (QED) is 0.589. The SMILES string of the molecule is COc1nc(N)cc2c1C(=O)NC2=O. The van der Waals surface area contributed by atoms with Crippen LogP contribution in [0.4, 0.5) is 5.82 Å². The van der Waals surface area contributed by atoms with Crippen molar-refractivity contribution in [1.82, 2.24) is 10.3 Å². The van der Waals surface area contributed by atoms with Crippen molar-refractivity contribution in [2.24, 2.45) is 0 Å². The number of nitrogens with one attached hydrogen (secondary N) is 1. The van der Waals surface area contributed by atoms with Crippen LogP contribution in [0.2, 0.25) is 0 Å². The van der Waals surface area contributed by atoms with Gasteiger partial charge < -0.3 is 10.5 Å². The first-order valence-corrected chi connectivity index (χ1v) is 3.83. The number of methoxy groups -OCH3 is 1. The van der Waals surface area contributed by atoms with Gasteiger partial charge in [-0.3, -0.25) is 14.9 Å². The largest absolute Gasteiger partial charge is 0.480 e. The lowest BCUT2D eigenvalue weighted by Crippen LogP contribution is -2.20. The monoisotopic (exact) mass is 193 g/mol. The minimum absolute atomic E-state index is 0.0725. The molecule has 0 aromatic carbocycles. The summed E-state index contributed by atoms with van der Waals surface area (Å²) in [5.41, 5.74) is 5.79. The molecule has 1 aromatic rings. The third-order valence-electron chi connectivity index (χ3n) is 1.90. The number of nitrogens with zero attached hydrogens (tertiary/aromatic N) is 1. The van der Waals surface area contributed by atoms with Crippen LogP contribution in [-0.4, -0.2) is 23.9 Å². The Morgan fingerprint density at radius 3 is 2.79 bits per heavy atom. The molecular formula is C8H7N3O3. The number of rotatable bonds is 1. The number of imide groups is 1. The Bertz CT molecular complexity index is 442. The molecule has 6 nitrogen and oxygen atoms in total. The molecule has 3 N–H and O–H groups in total. The zero-order valence-electron chi connectivity index (χ0n) is 7.33. The fourth-order valence-electron chi connectivity index (χ4n) is 1.32. The zero-order valence-corrected chi connectivity index (χ0v) is 7.33. The van der Waals surface area contributed by atoms with Gasteiger partial charge in [0.15, 0.2) is 0 Å². The summed E-state index contributed by atoms with van der Waals surface area (Å²) in [6, 6.07) is 1.35. The number of hydrogen-bond donors (Lipinski definition) is 2. The second-order valence-corrected chi connectivity index (χ2v) is 2.76. The van der Waals surface area contributed by atoms with Gasteiger partial charge in [0, 0.05) is 0 Å². The molecule has 0 spiro atoms. The van der Waals surface area contributed by atoms with Crippen LogP contribution in [0.15, 0.2) is 6.07 Å². The maximum atomic E-state index is 11.3. The number of fused-ring (bicyclic) bond motifs is 1. The van der Waals surface area contributed by atoms with Gasteiger partial charge in [0.05, 0.1) is 12.7 Å². The number of pyridine rings is 1. The van der Waals surface area contributed by atoms with Gasteiger partial charge in [0.25, 0.3) is 11.8 Å². The summed E-state index contributed by atoms with van der Waals surface area (Å²) in [7, 11) is 1.36. The average Bonchev–Trinajstić information content (AvgIpc) is 2.41. The third-order valence-corrected chi connectivity index (χ3v) is 1.90. The number of aromatic nitrogens is 1. The van der Waals surface area contributed by atoms with Gasteiger partial charge in [0.1, 0.15) is 11.4 Å². The van der Waals surface area contributed by atoms with Crippen LogP contribution in [-0.2, 0) is 0 Å². The Morgan fingerprint density at radius 2 is 2.14 bits per heavy atom. The van der Waals surface area contributed by atoms with Gasteiger partial charge >= 0.3 is 0 Å². The molecule has 0 radical (unpaired) electrons. The lowest BCUT2D eigenvalue weighted by atomic mass is 10.1. The minimum Gasteiger partial charge on any atom is -0.480 e. The second kappa shape index (κ2) is 2.69. The molecule has 14 heavy (non-hydrogen) atoms. The molecule has 0 unspecified atom stereocenters. The van der Waals surface area contributed by atoms with E-state index in [1.165, 1.54) is 13.2 Å². The summed E-state index contributed by atoms with van der Waals surface area (Å²) in [6.07, 6.45) is 0. The number of ether oxygens (including phenoxy) is 1. The highest BCUT2D eigenvalue weighted by Gasteiger charge is 2.31. The van der Waals surface area contributed by atoms with Crippen molar-refractivity contribution in [3.8, 4) is 5.88 Å². The van der Waals surface area contributed by atoms with E-state index in [0.717, 1.165) is 0 Å². The van der Waals surface area contributed by atoms with Crippen LogP contribution in [0.1, 0.15) is 20.7 Å². The van der Waals surface area contributed by atoms with Crippen molar-refractivity contribution in [3.63, 3.8) is 0 Å². The first-order valence-electron chi connectivity index (χ1n) is 3.83. The summed E-state index contributed by atoms with van der Waals surface area (Å²) in [4.78, 5) is 26.3. The van der Waals surface area contributed by atoms with Crippen LogP contribution in [0.25, 0.3) is 0 Å². The highest BCUT2D eigenvalue weighted by Crippen LogP contribution is 2.25. The van der Waals surface area contributed by atoms with Gasteiger partial charge in [-0.2, -0.15) is 4.98 Å². The molecule has 6 heteroatoms. The number of amides is 2. The Labute approximate surface area is 79.1 Å². The normalized spacial score (nSPS) is 13.8. The summed E-state index contributed by atoms with van der Waals surface area (Å²) < 4.78 is 4.85. The molecule has 0 saturated carbocycles. The van der Waals surface area contributed by atoms with Gasteiger partial charge in [-0.1, -0.05) is 0 Å². The van der Waals surface area contributed by atoms with Crippen LogP contribution < -0.4 is 15.8 Å². The predicted octanol–water partition coefficient (Wildman–Crippen LogP) is -0.444. The van der Waals surface area contributed by atoms with Gasteiger partial charge in [0.2, 0.25) is 5.88 Å². The van der Waals surface area contributed by atoms with E-state index in [-0.39, 0.29) is 22.8 Å². The molecule has 0 fully saturated rings. The Hall–Kier alpha value is -2.11. The Kier molecular flexibility index (Phi) is 1.63. The molecule has 0 bridgehead atoms. The fourth-order valence-corrected chi connectivity index (χ4v) is 1.32. The molecular weight excluding hydrogens is 186 g/mol. The summed E-state index contributed by atoms with van der Waals surface area (Å²) in [5, 5.41) is 2.13. The van der Waals surface area contributed by atoms with E-state index in [9.17, 15) is 9.59 Å². The van der Waals surface area contributed by atoms with Crippen molar-refractivity contribution >= 4 is 17.6 Å². The van der Waals surface area contributed by atoms with E-state index < -0.39 is 11.8 Å².